The lowest BCUT2D eigenvalue weighted by atomic mass is 10.1. The zero-order valence-corrected chi connectivity index (χ0v) is 13.8. The Morgan fingerprint density at radius 1 is 1.24 bits per heavy atom. The van der Waals surface area contributed by atoms with E-state index in [0.29, 0.717) is 16.3 Å². The Bertz CT molecular complexity index is 677. The molecule has 0 aliphatic heterocycles. The summed E-state index contributed by atoms with van der Waals surface area (Å²) in [6.07, 6.45) is 0. The van der Waals surface area contributed by atoms with Gasteiger partial charge in [-0.15, -0.1) is 0 Å². The van der Waals surface area contributed by atoms with Gasteiger partial charge < -0.3 is 5.73 Å². The zero-order valence-electron chi connectivity index (χ0n) is 12.2. The van der Waals surface area contributed by atoms with Crippen LogP contribution in [0.1, 0.15) is 28.1 Å². The minimum atomic E-state index is 0.0178. The van der Waals surface area contributed by atoms with Crippen molar-refractivity contribution in [3.63, 3.8) is 0 Å². The first-order valence-corrected chi connectivity index (χ1v) is 7.82. The molecule has 0 atom stereocenters. The molecule has 0 fully saturated rings. The number of benzene rings is 1. The average molecular weight is 321 g/mol. The number of hydrogen-bond acceptors (Lipinski definition) is 4. The second kappa shape index (κ2) is 6.45. The molecule has 1 aromatic carbocycles. The van der Waals surface area contributed by atoms with Crippen LogP contribution in [0.4, 0.5) is 0 Å². The van der Waals surface area contributed by atoms with Gasteiger partial charge >= 0.3 is 0 Å². The Hall–Kier alpha value is -1.59. The SMILES string of the molecule is Cc1nc(SCc2ccc(C(=N)N)cc2Cl)nc(C)c1C. The fourth-order valence-corrected chi connectivity index (χ4v) is 3.05. The van der Waals surface area contributed by atoms with E-state index in [4.69, 9.17) is 22.7 Å². The van der Waals surface area contributed by atoms with E-state index in [-0.39, 0.29) is 5.84 Å². The van der Waals surface area contributed by atoms with E-state index in [2.05, 4.69) is 9.97 Å². The average Bonchev–Trinajstić information content (AvgIpc) is 2.43. The molecule has 0 bridgehead atoms. The van der Waals surface area contributed by atoms with Gasteiger partial charge in [0, 0.05) is 27.7 Å². The molecule has 4 nitrogen and oxygen atoms in total. The van der Waals surface area contributed by atoms with E-state index in [1.165, 1.54) is 0 Å². The second-order valence-electron chi connectivity index (χ2n) is 4.81. The number of nitrogen functional groups attached to an aromatic ring is 1. The molecular weight excluding hydrogens is 304 g/mol. The monoisotopic (exact) mass is 320 g/mol. The van der Waals surface area contributed by atoms with Crippen molar-refractivity contribution in [3.05, 3.63) is 51.3 Å². The molecule has 2 aromatic rings. The van der Waals surface area contributed by atoms with Crippen LogP contribution in [0.25, 0.3) is 0 Å². The van der Waals surface area contributed by atoms with Crippen molar-refractivity contribution >= 4 is 29.2 Å². The van der Waals surface area contributed by atoms with Gasteiger partial charge in [-0.25, -0.2) is 9.97 Å². The Balaban J connectivity index is 2.15. The number of nitrogens with zero attached hydrogens (tertiary/aromatic N) is 2. The van der Waals surface area contributed by atoms with Crippen LogP contribution in [-0.2, 0) is 5.75 Å². The Morgan fingerprint density at radius 2 is 1.86 bits per heavy atom. The first-order valence-electron chi connectivity index (χ1n) is 6.46. The quantitative estimate of drug-likeness (QED) is 0.390. The molecule has 0 unspecified atom stereocenters. The van der Waals surface area contributed by atoms with Crippen LogP contribution in [0.15, 0.2) is 23.4 Å². The molecule has 1 aromatic heterocycles. The molecule has 110 valence electrons. The summed E-state index contributed by atoms with van der Waals surface area (Å²) >= 11 is 7.77. The van der Waals surface area contributed by atoms with Crippen LogP contribution in [0.2, 0.25) is 5.02 Å². The number of rotatable bonds is 4. The summed E-state index contributed by atoms with van der Waals surface area (Å²) < 4.78 is 0. The molecule has 0 saturated carbocycles. The lowest BCUT2D eigenvalue weighted by Crippen LogP contribution is -2.10. The number of nitrogens with two attached hydrogens (primary N) is 1. The highest BCUT2D eigenvalue weighted by Gasteiger charge is 2.08. The Kier molecular flexibility index (Phi) is 4.85. The molecule has 0 saturated heterocycles. The van der Waals surface area contributed by atoms with Gasteiger partial charge in [-0.05, 0) is 38.0 Å². The predicted octanol–water partition coefficient (Wildman–Crippen LogP) is 3.63. The molecule has 6 heteroatoms. The molecule has 1 heterocycles. The number of thioether (sulfide) groups is 1. The summed E-state index contributed by atoms with van der Waals surface area (Å²) in [5, 5.41) is 8.76. The third-order valence-electron chi connectivity index (χ3n) is 3.33. The highest BCUT2D eigenvalue weighted by Crippen LogP contribution is 2.26. The first kappa shape index (κ1) is 15.8. The smallest absolute Gasteiger partial charge is 0.188 e. The van der Waals surface area contributed by atoms with E-state index in [0.717, 1.165) is 27.7 Å². The number of aryl methyl sites for hydroxylation is 2. The van der Waals surface area contributed by atoms with E-state index < -0.39 is 0 Å². The molecule has 0 aliphatic carbocycles. The summed E-state index contributed by atoms with van der Waals surface area (Å²) in [5.41, 5.74) is 10.2. The van der Waals surface area contributed by atoms with E-state index in [1.807, 2.05) is 26.8 Å². The van der Waals surface area contributed by atoms with Gasteiger partial charge in [-0.2, -0.15) is 0 Å². The van der Waals surface area contributed by atoms with Gasteiger partial charge in [0.2, 0.25) is 0 Å². The van der Waals surface area contributed by atoms with Crippen LogP contribution in [0.3, 0.4) is 0 Å². The summed E-state index contributed by atoms with van der Waals surface area (Å²) in [6, 6.07) is 5.41. The van der Waals surface area contributed by atoms with Crippen molar-refractivity contribution in [1.29, 1.82) is 5.41 Å². The topological polar surface area (TPSA) is 75.7 Å². The summed E-state index contributed by atoms with van der Waals surface area (Å²) in [7, 11) is 0. The summed E-state index contributed by atoms with van der Waals surface area (Å²) in [6.45, 7) is 6.00. The fraction of sp³-hybridized carbons (Fsp3) is 0.267. The number of amidine groups is 1. The fourth-order valence-electron chi connectivity index (χ4n) is 1.78. The molecule has 0 amide bonds. The molecule has 3 N–H and O–H groups in total. The minimum Gasteiger partial charge on any atom is -0.384 e. The largest absolute Gasteiger partial charge is 0.384 e. The minimum absolute atomic E-state index is 0.0178. The number of nitrogens with one attached hydrogen (secondary N) is 1. The first-order chi connectivity index (χ1) is 9.88. The van der Waals surface area contributed by atoms with Crippen LogP contribution in [0.5, 0.6) is 0 Å². The van der Waals surface area contributed by atoms with Gasteiger partial charge in [0.25, 0.3) is 0 Å². The standard InChI is InChI=1S/C15H17ClN4S/c1-8-9(2)19-15(20-10(8)3)21-7-12-5-4-11(14(17)18)6-13(12)16/h4-6H,7H2,1-3H3,(H3,17,18). The molecule has 0 spiro atoms. The highest BCUT2D eigenvalue weighted by atomic mass is 35.5. The van der Waals surface area contributed by atoms with Crippen LogP contribution in [-0.4, -0.2) is 15.8 Å². The van der Waals surface area contributed by atoms with E-state index >= 15 is 0 Å². The molecule has 0 aliphatic rings. The molecule has 0 radical (unpaired) electrons. The van der Waals surface area contributed by atoms with Crippen LogP contribution < -0.4 is 5.73 Å². The van der Waals surface area contributed by atoms with Gasteiger partial charge in [0.05, 0.1) is 0 Å². The summed E-state index contributed by atoms with van der Waals surface area (Å²) in [4.78, 5) is 8.96. The zero-order chi connectivity index (χ0) is 15.6. The Labute approximate surface area is 133 Å². The number of halogens is 1. The maximum atomic E-state index is 7.40. The van der Waals surface area contributed by atoms with Crippen molar-refractivity contribution in [2.75, 3.05) is 0 Å². The van der Waals surface area contributed by atoms with Crippen molar-refractivity contribution in [2.24, 2.45) is 5.73 Å². The van der Waals surface area contributed by atoms with Gasteiger partial charge in [0.15, 0.2) is 5.16 Å². The lowest BCUT2D eigenvalue weighted by molar-refractivity contribution is 0.880. The second-order valence-corrected chi connectivity index (χ2v) is 6.16. The highest BCUT2D eigenvalue weighted by molar-refractivity contribution is 7.98. The maximum Gasteiger partial charge on any atom is 0.188 e. The van der Waals surface area contributed by atoms with E-state index in [9.17, 15) is 0 Å². The number of hydrogen-bond donors (Lipinski definition) is 2. The van der Waals surface area contributed by atoms with Crippen LogP contribution in [0, 0.1) is 26.2 Å². The van der Waals surface area contributed by atoms with Crippen molar-refractivity contribution in [2.45, 2.75) is 31.7 Å². The van der Waals surface area contributed by atoms with Gasteiger partial charge in [-0.3, -0.25) is 5.41 Å². The van der Waals surface area contributed by atoms with Crippen molar-refractivity contribution < 1.29 is 0 Å². The van der Waals surface area contributed by atoms with Gasteiger partial charge in [0.1, 0.15) is 5.84 Å². The third-order valence-corrected chi connectivity index (χ3v) is 4.58. The lowest BCUT2D eigenvalue weighted by Gasteiger charge is -2.08. The number of aromatic nitrogens is 2. The predicted molar refractivity (Wildman–Crippen MR) is 88.3 cm³/mol. The summed E-state index contributed by atoms with van der Waals surface area (Å²) in [5.74, 6) is 0.697. The molecule has 21 heavy (non-hydrogen) atoms. The maximum absolute atomic E-state index is 7.40. The van der Waals surface area contributed by atoms with E-state index in [1.54, 1.807) is 23.9 Å². The molecule has 2 rings (SSSR count). The van der Waals surface area contributed by atoms with Crippen molar-refractivity contribution in [3.8, 4) is 0 Å². The van der Waals surface area contributed by atoms with Gasteiger partial charge in [-0.1, -0.05) is 35.5 Å². The Morgan fingerprint density at radius 3 is 2.38 bits per heavy atom. The van der Waals surface area contributed by atoms with Crippen molar-refractivity contribution in [1.82, 2.24) is 9.97 Å². The normalized spacial score (nSPS) is 10.7. The third kappa shape index (κ3) is 3.74. The van der Waals surface area contributed by atoms with Crippen LogP contribution >= 0.6 is 23.4 Å². The molecular formula is C15H17ClN4S.